The fourth-order valence-corrected chi connectivity index (χ4v) is 2.06. The van der Waals surface area contributed by atoms with E-state index in [1.807, 2.05) is 26.1 Å². The van der Waals surface area contributed by atoms with Gasteiger partial charge in [-0.1, -0.05) is 17.7 Å². The smallest absolute Gasteiger partial charge is 0.191 e. The van der Waals surface area contributed by atoms with Crippen LogP contribution in [0.1, 0.15) is 24.7 Å². The van der Waals surface area contributed by atoms with Crippen molar-refractivity contribution in [3.8, 4) is 5.75 Å². The summed E-state index contributed by atoms with van der Waals surface area (Å²) >= 11 is 0. The van der Waals surface area contributed by atoms with Crippen LogP contribution in [0.2, 0.25) is 0 Å². The summed E-state index contributed by atoms with van der Waals surface area (Å²) in [5.74, 6) is 2.51. The molecule has 0 spiro atoms. The van der Waals surface area contributed by atoms with Gasteiger partial charge in [-0.25, -0.2) is 9.98 Å². The summed E-state index contributed by atoms with van der Waals surface area (Å²) in [4.78, 5) is 8.68. The Balaban J connectivity index is 1.71. The number of nitrogens with zero attached hydrogens (tertiary/aromatic N) is 4. The maximum atomic E-state index is 5.72. The van der Waals surface area contributed by atoms with E-state index < -0.39 is 0 Å². The molecule has 0 unspecified atom stereocenters. The van der Waals surface area contributed by atoms with Gasteiger partial charge >= 0.3 is 0 Å². The third-order valence-electron chi connectivity index (χ3n) is 3.43. The van der Waals surface area contributed by atoms with Crippen molar-refractivity contribution < 1.29 is 4.74 Å². The molecule has 0 saturated heterocycles. The number of benzene rings is 1. The Bertz CT molecular complexity index is 635. The zero-order chi connectivity index (χ0) is 17.2. The second kappa shape index (κ2) is 9.54. The Morgan fingerprint density at radius 2 is 2.04 bits per heavy atom. The monoisotopic (exact) mass is 330 g/mol. The molecule has 2 rings (SSSR count). The van der Waals surface area contributed by atoms with Crippen molar-refractivity contribution >= 4 is 5.96 Å². The lowest BCUT2D eigenvalue weighted by molar-refractivity contribution is 0.311. The molecule has 0 amide bonds. The molecular weight excluding hydrogens is 304 g/mol. The van der Waals surface area contributed by atoms with E-state index in [2.05, 4.69) is 44.8 Å². The molecule has 0 atom stereocenters. The van der Waals surface area contributed by atoms with Gasteiger partial charge in [0.05, 0.1) is 6.61 Å². The number of aliphatic imine (C=N–C) groups is 1. The van der Waals surface area contributed by atoms with Gasteiger partial charge in [0.2, 0.25) is 0 Å². The first-order valence-corrected chi connectivity index (χ1v) is 8.23. The fourth-order valence-electron chi connectivity index (χ4n) is 2.06. The first kappa shape index (κ1) is 17.8. The molecule has 0 saturated carbocycles. The molecule has 0 aliphatic heterocycles. The summed E-state index contributed by atoms with van der Waals surface area (Å²) in [6, 6.07) is 8.09. The number of guanidine groups is 1. The lowest BCUT2D eigenvalue weighted by atomic mass is 10.2. The van der Waals surface area contributed by atoms with Crippen LogP contribution in [-0.2, 0) is 13.6 Å². The average Bonchev–Trinajstić information content (AvgIpc) is 2.99. The van der Waals surface area contributed by atoms with E-state index in [-0.39, 0.29) is 0 Å². The van der Waals surface area contributed by atoms with Gasteiger partial charge in [-0.3, -0.25) is 4.68 Å². The predicted molar refractivity (Wildman–Crippen MR) is 95.1 cm³/mol. The minimum Gasteiger partial charge on any atom is -0.494 e. The van der Waals surface area contributed by atoms with Crippen LogP contribution in [0.15, 0.2) is 35.6 Å². The highest BCUT2D eigenvalue weighted by molar-refractivity contribution is 5.79. The van der Waals surface area contributed by atoms with Gasteiger partial charge in [0.25, 0.3) is 0 Å². The van der Waals surface area contributed by atoms with Crippen molar-refractivity contribution in [2.45, 2.75) is 26.8 Å². The molecule has 7 nitrogen and oxygen atoms in total. The van der Waals surface area contributed by atoms with Crippen LogP contribution in [0.25, 0.3) is 0 Å². The standard InChI is InChI=1S/C17H26N6O/c1-4-18-17(20-12-16-21-13-22-23(16)3)19-10-5-11-24-15-8-6-14(2)7-9-15/h6-9,13H,4-5,10-12H2,1-3H3,(H2,18,19,20). The minimum absolute atomic E-state index is 0.492. The number of hydrogen-bond donors (Lipinski definition) is 2. The highest BCUT2D eigenvalue weighted by atomic mass is 16.5. The van der Waals surface area contributed by atoms with Crippen LogP contribution < -0.4 is 15.4 Å². The van der Waals surface area contributed by atoms with Crippen LogP contribution in [0, 0.1) is 6.92 Å². The molecule has 0 radical (unpaired) electrons. The molecule has 0 bridgehead atoms. The van der Waals surface area contributed by atoms with E-state index >= 15 is 0 Å². The third-order valence-corrected chi connectivity index (χ3v) is 3.43. The topological polar surface area (TPSA) is 76.4 Å². The Labute approximate surface area is 143 Å². The van der Waals surface area contributed by atoms with Crippen LogP contribution in [-0.4, -0.2) is 40.4 Å². The molecule has 1 aromatic heterocycles. The summed E-state index contributed by atoms with van der Waals surface area (Å²) < 4.78 is 7.44. The molecular formula is C17H26N6O. The highest BCUT2D eigenvalue weighted by Gasteiger charge is 2.01. The van der Waals surface area contributed by atoms with Crippen molar-refractivity contribution in [3.05, 3.63) is 42.0 Å². The fraction of sp³-hybridized carbons (Fsp3) is 0.471. The Kier molecular flexibility index (Phi) is 7.07. The highest BCUT2D eigenvalue weighted by Crippen LogP contribution is 2.11. The Morgan fingerprint density at radius 3 is 2.71 bits per heavy atom. The van der Waals surface area contributed by atoms with Crippen molar-refractivity contribution in [1.82, 2.24) is 25.4 Å². The predicted octanol–water partition coefficient (Wildman–Crippen LogP) is 1.65. The van der Waals surface area contributed by atoms with E-state index in [0.717, 1.165) is 37.0 Å². The maximum absolute atomic E-state index is 5.72. The number of ether oxygens (including phenoxy) is 1. The van der Waals surface area contributed by atoms with Gasteiger partial charge in [0.1, 0.15) is 24.4 Å². The van der Waals surface area contributed by atoms with Gasteiger partial charge in [0, 0.05) is 20.1 Å². The number of nitrogens with one attached hydrogen (secondary N) is 2. The molecule has 1 aromatic carbocycles. The molecule has 2 N–H and O–H groups in total. The van der Waals surface area contributed by atoms with Crippen LogP contribution >= 0.6 is 0 Å². The maximum Gasteiger partial charge on any atom is 0.191 e. The number of aryl methyl sites for hydroxylation is 2. The Morgan fingerprint density at radius 1 is 1.25 bits per heavy atom. The van der Waals surface area contributed by atoms with E-state index in [4.69, 9.17) is 4.74 Å². The minimum atomic E-state index is 0.492. The van der Waals surface area contributed by atoms with E-state index in [0.29, 0.717) is 13.2 Å². The SMILES string of the molecule is CCNC(=NCc1ncnn1C)NCCCOc1ccc(C)cc1. The first-order valence-electron chi connectivity index (χ1n) is 8.23. The molecule has 0 aliphatic carbocycles. The van der Waals surface area contributed by atoms with Crippen molar-refractivity contribution in [2.24, 2.45) is 12.0 Å². The summed E-state index contributed by atoms with van der Waals surface area (Å²) in [7, 11) is 1.86. The summed E-state index contributed by atoms with van der Waals surface area (Å²) in [6.45, 7) is 6.86. The lowest BCUT2D eigenvalue weighted by Gasteiger charge is -2.11. The second-order valence-corrected chi connectivity index (χ2v) is 5.44. The first-order chi connectivity index (χ1) is 11.7. The van der Waals surface area contributed by atoms with Gasteiger partial charge in [-0.05, 0) is 32.4 Å². The van der Waals surface area contributed by atoms with Crippen LogP contribution in [0.4, 0.5) is 0 Å². The number of rotatable bonds is 8. The van der Waals surface area contributed by atoms with Gasteiger partial charge in [-0.2, -0.15) is 5.10 Å². The summed E-state index contributed by atoms with van der Waals surface area (Å²) in [5, 5.41) is 10.6. The van der Waals surface area contributed by atoms with Crippen molar-refractivity contribution in [2.75, 3.05) is 19.7 Å². The van der Waals surface area contributed by atoms with Gasteiger partial charge in [0.15, 0.2) is 5.96 Å². The van der Waals surface area contributed by atoms with E-state index in [1.165, 1.54) is 11.9 Å². The summed E-state index contributed by atoms with van der Waals surface area (Å²) in [6.07, 6.45) is 2.43. The quantitative estimate of drug-likeness (QED) is 0.437. The third kappa shape index (κ3) is 5.91. The zero-order valence-corrected chi connectivity index (χ0v) is 14.6. The number of aromatic nitrogens is 3. The van der Waals surface area contributed by atoms with E-state index in [9.17, 15) is 0 Å². The van der Waals surface area contributed by atoms with Gasteiger partial charge < -0.3 is 15.4 Å². The lowest BCUT2D eigenvalue weighted by Crippen LogP contribution is -2.38. The molecule has 24 heavy (non-hydrogen) atoms. The Hall–Kier alpha value is -2.57. The molecule has 0 aliphatic rings. The molecule has 7 heteroatoms. The average molecular weight is 330 g/mol. The van der Waals surface area contributed by atoms with E-state index in [1.54, 1.807) is 4.68 Å². The number of hydrogen-bond acceptors (Lipinski definition) is 4. The molecule has 2 aromatic rings. The molecule has 130 valence electrons. The largest absolute Gasteiger partial charge is 0.494 e. The molecule has 1 heterocycles. The summed E-state index contributed by atoms with van der Waals surface area (Å²) in [5.41, 5.74) is 1.23. The second-order valence-electron chi connectivity index (χ2n) is 5.44. The normalized spacial score (nSPS) is 11.4. The van der Waals surface area contributed by atoms with Crippen molar-refractivity contribution in [3.63, 3.8) is 0 Å². The van der Waals surface area contributed by atoms with Gasteiger partial charge in [-0.15, -0.1) is 0 Å². The molecule has 0 fully saturated rings. The zero-order valence-electron chi connectivity index (χ0n) is 14.6. The van der Waals surface area contributed by atoms with Crippen LogP contribution in [0.3, 0.4) is 0 Å². The van der Waals surface area contributed by atoms with Crippen LogP contribution in [0.5, 0.6) is 5.75 Å². The van der Waals surface area contributed by atoms with Crippen molar-refractivity contribution in [1.29, 1.82) is 0 Å².